The van der Waals surface area contributed by atoms with Crippen LogP contribution in [-0.4, -0.2) is 18.1 Å². The average Bonchev–Trinajstić information content (AvgIpc) is 2.77. The Kier molecular flexibility index (Phi) is 2.19. The summed E-state index contributed by atoms with van der Waals surface area (Å²) in [5, 5.41) is 0. The van der Waals surface area contributed by atoms with E-state index in [1.165, 1.54) is 19.3 Å². The first-order valence-corrected chi connectivity index (χ1v) is 5.77. The fourth-order valence-electron chi connectivity index (χ4n) is 2.41. The van der Waals surface area contributed by atoms with E-state index >= 15 is 0 Å². The van der Waals surface area contributed by atoms with Crippen molar-refractivity contribution in [1.29, 1.82) is 0 Å². The van der Waals surface area contributed by atoms with E-state index in [1.807, 2.05) is 18.3 Å². The van der Waals surface area contributed by atoms with Gasteiger partial charge in [-0.1, -0.05) is 0 Å². The number of hydrogen-bond donors (Lipinski definition) is 1. The summed E-state index contributed by atoms with van der Waals surface area (Å²) in [6, 6.07) is 3.89. The molecule has 0 saturated carbocycles. The molecule has 4 nitrogen and oxygen atoms in total. The molecular formula is C12H16N3O+. The maximum atomic E-state index is 6.40. The lowest BCUT2D eigenvalue weighted by atomic mass is 10.1. The van der Waals surface area contributed by atoms with E-state index in [2.05, 4.69) is 4.98 Å². The molecule has 2 N–H and O–H groups in total. The molecule has 0 spiro atoms. The average molecular weight is 218 g/mol. The SMILES string of the molecule is N[N+]1(c2cnc3ccoc3c2)CCCCC1. The quantitative estimate of drug-likeness (QED) is 0.589. The Morgan fingerprint density at radius 3 is 2.88 bits per heavy atom. The van der Waals surface area contributed by atoms with Crippen LogP contribution in [0, 0.1) is 0 Å². The molecule has 0 amide bonds. The fraction of sp³-hybridized carbons (Fsp3) is 0.417. The van der Waals surface area contributed by atoms with Gasteiger partial charge in [0.1, 0.15) is 18.6 Å². The molecule has 0 unspecified atom stereocenters. The van der Waals surface area contributed by atoms with Gasteiger partial charge < -0.3 is 4.42 Å². The van der Waals surface area contributed by atoms with E-state index in [1.54, 1.807) is 6.26 Å². The number of nitrogens with zero attached hydrogens (tertiary/aromatic N) is 2. The van der Waals surface area contributed by atoms with Crippen molar-refractivity contribution >= 4 is 16.8 Å². The molecule has 1 saturated heterocycles. The molecular weight excluding hydrogens is 202 g/mol. The lowest BCUT2D eigenvalue weighted by Crippen LogP contribution is -2.58. The zero-order chi connectivity index (χ0) is 11.0. The highest BCUT2D eigenvalue weighted by Crippen LogP contribution is 2.26. The first kappa shape index (κ1) is 9.81. The molecule has 1 aliphatic heterocycles. The van der Waals surface area contributed by atoms with Crippen LogP contribution in [0.1, 0.15) is 19.3 Å². The predicted octanol–water partition coefficient (Wildman–Crippen LogP) is 2.19. The van der Waals surface area contributed by atoms with Gasteiger partial charge in [0.2, 0.25) is 0 Å². The molecule has 3 heterocycles. The third kappa shape index (κ3) is 1.50. The van der Waals surface area contributed by atoms with Gasteiger partial charge in [0.15, 0.2) is 11.3 Å². The smallest absolute Gasteiger partial charge is 0.174 e. The summed E-state index contributed by atoms with van der Waals surface area (Å²) >= 11 is 0. The topological polar surface area (TPSA) is 52.0 Å². The molecule has 0 aromatic carbocycles. The normalized spacial score (nSPS) is 20.1. The number of rotatable bonds is 1. The van der Waals surface area contributed by atoms with Gasteiger partial charge in [-0.3, -0.25) is 0 Å². The third-order valence-electron chi connectivity index (χ3n) is 3.42. The number of pyridine rings is 1. The van der Waals surface area contributed by atoms with Crippen LogP contribution in [0.5, 0.6) is 0 Å². The van der Waals surface area contributed by atoms with Gasteiger partial charge in [0, 0.05) is 12.1 Å². The van der Waals surface area contributed by atoms with Gasteiger partial charge >= 0.3 is 0 Å². The number of aromatic nitrogens is 1. The number of quaternary nitrogens is 1. The second kappa shape index (κ2) is 3.57. The Balaban J connectivity index is 2.03. The Morgan fingerprint density at radius 1 is 1.25 bits per heavy atom. The standard InChI is InChI=1S/C12H16N3O/c13-15(5-2-1-3-6-15)10-8-12-11(14-9-10)4-7-16-12/h4,7-9H,1-3,5-6,13H2/q+1. The van der Waals surface area contributed by atoms with E-state index in [-0.39, 0.29) is 0 Å². The Morgan fingerprint density at radius 2 is 2.06 bits per heavy atom. The highest BCUT2D eigenvalue weighted by molar-refractivity contribution is 5.75. The van der Waals surface area contributed by atoms with Crippen LogP contribution in [-0.2, 0) is 0 Å². The lowest BCUT2D eigenvalue weighted by molar-refractivity contribution is 0.234. The van der Waals surface area contributed by atoms with E-state index in [0.29, 0.717) is 4.59 Å². The lowest BCUT2D eigenvalue weighted by Gasteiger charge is -2.35. The fourth-order valence-corrected chi connectivity index (χ4v) is 2.41. The van der Waals surface area contributed by atoms with Crippen molar-refractivity contribution in [2.24, 2.45) is 5.84 Å². The molecule has 84 valence electrons. The molecule has 2 aromatic heterocycles. The first-order chi connectivity index (χ1) is 7.78. The van der Waals surface area contributed by atoms with Gasteiger partial charge in [-0.25, -0.2) is 9.58 Å². The van der Waals surface area contributed by atoms with Crippen LogP contribution in [0.15, 0.2) is 29.0 Å². The number of furan rings is 1. The predicted molar refractivity (Wildman–Crippen MR) is 63.6 cm³/mol. The van der Waals surface area contributed by atoms with Crippen LogP contribution >= 0.6 is 0 Å². The van der Waals surface area contributed by atoms with Crippen molar-refractivity contribution in [3.63, 3.8) is 0 Å². The van der Waals surface area contributed by atoms with Gasteiger partial charge in [0.25, 0.3) is 0 Å². The minimum absolute atomic E-state index is 0.504. The van der Waals surface area contributed by atoms with Crippen molar-refractivity contribution in [1.82, 2.24) is 9.58 Å². The van der Waals surface area contributed by atoms with Gasteiger partial charge in [-0.05, 0) is 19.3 Å². The van der Waals surface area contributed by atoms with Crippen LogP contribution in [0.2, 0.25) is 0 Å². The van der Waals surface area contributed by atoms with Crippen molar-refractivity contribution < 1.29 is 4.42 Å². The molecule has 1 aliphatic rings. The molecule has 0 atom stereocenters. The number of hydrogen-bond acceptors (Lipinski definition) is 3. The number of piperidine rings is 1. The van der Waals surface area contributed by atoms with Crippen LogP contribution in [0.3, 0.4) is 0 Å². The Bertz CT molecular complexity index is 500. The summed E-state index contributed by atoms with van der Waals surface area (Å²) in [7, 11) is 0. The van der Waals surface area contributed by atoms with Crippen molar-refractivity contribution in [2.45, 2.75) is 19.3 Å². The monoisotopic (exact) mass is 218 g/mol. The second-order valence-corrected chi connectivity index (χ2v) is 4.54. The maximum absolute atomic E-state index is 6.40. The zero-order valence-electron chi connectivity index (χ0n) is 9.22. The van der Waals surface area contributed by atoms with Crippen LogP contribution in [0.4, 0.5) is 5.69 Å². The molecule has 16 heavy (non-hydrogen) atoms. The summed E-state index contributed by atoms with van der Waals surface area (Å²) in [6.07, 6.45) is 7.20. The Labute approximate surface area is 94.2 Å². The van der Waals surface area contributed by atoms with Gasteiger partial charge in [0.05, 0.1) is 12.5 Å². The molecule has 0 bridgehead atoms. The van der Waals surface area contributed by atoms with Gasteiger partial charge in [-0.15, -0.1) is 0 Å². The molecule has 0 radical (unpaired) electrons. The van der Waals surface area contributed by atoms with Crippen molar-refractivity contribution in [2.75, 3.05) is 13.1 Å². The second-order valence-electron chi connectivity index (χ2n) is 4.54. The number of fused-ring (bicyclic) bond motifs is 1. The third-order valence-corrected chi connectivity index (χ3v) is 3.42. The minimum Gasteiger partial charge on any atom is -0.462 e. The minimum atomic E-state index is 0.504. The zero-order valence-corrected chi connectivity index (χ0v) is 9.22. The molecule has 0 aliphatic carbocycles. The van der Waals surface area contributed by atoms with Crippen LogP contribution in [0.25, 0.3) is 11.1 Å². The Hall–Kier alpha value is -1.39. The molecule has 3 rings (SSSR count). The highest BCUT2D eigenvalue weighted by atomic mass is 16.3. The van der Waals surface area contributed by atoms with E-state index in [0.717, 1.165) is 29.9 Å². The van der Waals surface area contributed by atoms with E-state index < -0.39 is 0 Å². The molecule has 2 aromatic rings. The summed E-state index contributed by atoms with van der Waals surface area (Å²) in [4.78, 5) is 4.37. The van der Waals surface area contributed by atoms with Crippen LogP contribution < -0.4 is 10.4 Å². The number of nitrogens with two attached hydrogens (primary N) is 1. The first-order valence-electron chi connectivity index (χ1n) is 5.77. The summed E-state index contributed by atoms with van der Waals surface area (Å²) in [5.74, 6) is 6.40. The van der Waals surface area contributed by atoms with E-state index in [9.17, 15) is 0 Å². The van der Waals surface area contributed by atoms with Gasteiger partial charge in [-0.2, -0.15) is 5.84 Å². The molecule has 1 fully saturated rings. The maximum Gasteiger partial charge on any atom is 0.174 e. The summed E-state index contributed by atoms with van der Waals surface area (Å²) in [6.45, 7) is 1.99. The van der Waals surface area contributed by atoms with Crippen molar-refractivity contribution in [3.05, 3.63) is 24.6 Å². The molecule has 4 heteroatoms. The summed E-state index contributed by atoms with van der Waals surface area (Å²) in [5.41, 5.74) is 2.78. The van der Waals surface area contributed by atoms with Crippen molar-refractivity contribution in [3.8, 4) is 0 Å². The highest BCUT2D eigenvalue weighted by Gasteiger charge is 2.29. The largest absolute Gasteiger partial charge is 0.462 e. The van der Waals surface area contributed by atoms with E-state index in [4.69, 9.17) is 10.3 Å². The summed E-state index contributed by atoms with van der Waals surface area (Å²) < 4.78 is 5.87.